The van der Waals surface area contributed by atoms with Crippen LogP contribution in [0, 0.1) is 13.8 Å². The second-order valence-electron chi connectivity index (χ2n) is 6.06. The standard InChI is InChI=1S/C19H20N2O3S/c1-5-21(13(4)22)19-20-15(10-25-19)8-14-9-24-16-7-11(2)6-12(3)17(16)18(14)23/h6-8,10H,5,9H2,1-4H3/b14-8-. The lowest BCUT2D eigenvalue weighted by molar-refractivity contribution is -0.116. The maximum absolute atomic E-state index is 12.8. The van der Waals surface area contributed by atoms with Crippen molar-refractivity contribution in [1.82, 2.24) is 4.98 Å². The summed E-state index contributed by atoms with van der Waals surface area (Å²) in [4.78, 5) is 30.5. The molecule has 2 heterocycles. The number of carbonyl (C=O) groups excluding carboxylic acids is 2. The monoisotopic (exact) mass is 356 g/mol. The molecule has 0 atom stereocenters. The first-order chi connectivity index (χ1) is 11.9. The molecule has 25 heavy (non-hydrogen) atoms. The Bertz CT molecular complexity index is 883. The van der Waals surface area contributed by atoms with Gasteiger partial charge in [-0.05, 0) is 44.0 Å². The number of nitrogens with zero attached hydrogens (tertiary/aromatic N) is 2. The number of hydrogen-bond donors (Lipinski definition) is 0. The van der Waals surface area contributed by atoms with E-state index in [1.165, 1.54) is 18.3 Å². The van der Waals surface area contributed by atoms with Crippen LogP contribution in [0.4, 0.5) is 5.13 Å². The van der Waals surface area contributed by atoms with Crippen LogP contribution in [0.1, 0.15) is 41.0 Å². The summed E-state index contributed by atoms with van der Waals surface area (Å²) >= 11 is 1.39. The summed E-state index contributed by atoms with van der Waals surface area (Å²) in [5.74, 6) is 0.577. The average molecular weight is 356 g/mol. The molecule has 0 spiro atoms. The SMILES string of the molecule is CCN(C(C)=O)c1nc(/C=C2/COc3cc(C)cc(C)c3C2=O)cs1. The van der Waals surface area contributed by atoms with Crippen molar-refractivity contribution in [3.05, 3.63) is 45.5 Å². The number of carbonyl (C=O) groups is 2. The van der Waals surface area contributed by atoms with E-state index in [1.54, 1.807) is 11.0 Å². The van der Waals surface area contributed by atoms with E-state index in [2.05, 4.69) is 4.98 Å². The zero-order valence-corrected chi connectivity index (χ0v) is 15.6. The van der Waals surface area contributed by atoms with E-state index < -0.39 is 0 Å². The van der Waals surface area contributed by atoms with Gasteiger partial charge in [0.05, 0.1) is 11.3 Å². The molecular formula is C19H20N2O3S. The lowest BCUT2D eigenvalue weighted by Crippen LogP contribution is -2.27. The third-order valence-electron chi connectivity index (χ3n) is 4.10. The lowest BCUT2D eigenvalue weighted by atomic mass is 9.94. The van der Waals surface area contributed by atoms with Gasteiger partial charge >= 0.3 is 0 Å². The van der Waals surface area contributed by atoms with Gasteiger partial charge < -0.3 is 4.74 Å². The predicted octanol–water partition coefficient (Wildman–Crippen LogP) is 3.79. The molecular weight excluding hydrogens is 336 g/mol. The minimum atomic E-state index is -0.0481. The Hall–Kier alpha value is -2.47. The Labute approximate surface area is 150 Å². The molecule has 5 nitrogen and oxygen atoms in total. The van der Waals surface area contributed by atoms with E-state index in [0.29, 0.717) is 34.3 Å². The highest BCUT2D eigenvalue weighted by atomic mass is 32.1. The van der Waals surface area contributed by atoms with Gasteiger partial charge in [0.25, 0.3) is 0 Å². The van der Waals surface area contributed by atoms with E-state index in [9.17, 15) is 9.59 Å². The van der Waals surface area contributed by atoms with Gasteiger partial charge in [-0.1, -0.05) is 6.07 Å². The van der Waals surface area contributed by atoms with Crippen LogP contribution in [0.25, 0.3) is 6.08 Å². The van der Waals surface area contributed by atoms with Crippen LogP contribution in [0.5, 0.6) is 5.75 Å². The normalized spacial score (nSPS) is 15.0. The fourth-order valence-electron chi connectivity index (χ4n) is 2.96. The minimum Gasteiger partial charge on any atom is -0.488 e. The zero-order chi connectivity index (χ0) is 18.1. The number of thiazole rings is 1. The molecule has 1 aromatic carbocycles. The highest BCUT2D eigenvalue weighted by Crippen LogP contribution is 2.32. The number of amides is 1. The Kier molecular flexibility index (Phi) is 4.72. The average Bonchev–Trinajstić information content (AvgIpc) is 2.98. The summed E-state index contributed by atoms with van der Waals surface area (Å²) in [6.45, 7) is 8.11. The molecule has 2 aromatic rings. The van der Waals surface area contributed by atoms with Gasteiger partial charge in [0.1, 0.15) is 12.4 Å². The minimum absolute atomic E-state index is 0.0211. The summed E-state index contributed by atoms with van der Waals surface area (Å²) in [7, 11) is 0. The van der Waals surface area contributed by atoms with Crippen LogP contribution in [-0.4, -0.2) is 29.8 Å². The Morgan fingerprint density at radius 2 is 2.16 bits per heavy atom. The van der Waals surface area contributed by atoms with Crippen molar-refractivity contribution in [2.45, 2.75) is 27.7 Å². The summed E-state index contributed by atoms with van der Waals surface area (Å²) in [6.07, 6.45) is 1.75. The lowest BCUT2D eigenvalue weighted by Gasteiger charge is -2.21. The van der Waals surface area contributed by atoms with Crippen molar-refractivity contribution in [3.63, 3.8) is 0 Å². The molecule has 1 amide bonds. The molecule has 0 saturated carbocycles. The fourth-order valence-corrected chi connectivity index (χ4v) is 3.85. The molecule has 0 radical (unpaired) electrons. The number of fused-ring (bicyclic) bond motifs is 1. The van der Waals surface area contributed by atoms with Crippen LogP contribution in [0.3, 0.4) is 0 Å². The third-order valence-corrected chi connectivity index (χ3v) is 4.99. The number of rotatable bonds is 3. The maximum atomic E-state index is 12.8. The van der Waals surface area contributed by atoms with E-state index in [1.807, 2.05) is 38.3 Å². The largest absolute Gasteiger partial charge is 0.488 e. The van der Waals surface area contributed by atoms with Crippen molar-refractivity contribution in [3.8, 4) is 5.75 Å². The smallest absolute Gasteiger partial charge is 0.225 e. The van der Waals surface area contributed by atoms with E-state index in [4.69, 9.17) is 4.74 Å². The number of aryl methyl sites for hydroxylation is 2. The van der Waals surface area contributed by atoms with Gasteiger partial charge in [0, 0.05) is 24.4 Å². The number of aromatic nitrogens is 1. The second-order valence-corrected chi connectivity index (χ2v) is 6.90. The van der Waals surface area contributed by atoms with E-state index >= 15 is 0 Å². The summed E-state index contributed by atoms with van der Waals surface area (Å²) in [5, 5.41) is 2.48. The van der Waals surface area contributed by atoms with Gasteiger partial charge in [-0.25, -0.2) is 4.98 Å². The third kappa shape index (κ3) is 3.35. The second kappa shape index (κ2) is 6.80. The topological polar surface area (TPSA) is 59.5 Å². The van der Waals surface area contributed by atoms with E-state index in [0.717, 1.165) is 11.1 Å². The molecule has 0 aliphatic carbocycles. The number of ether oxygens (including phenoxy) is 1. The molecule has 0 fully saturated rings. The first-order valence-corrected chi connectivity index (χ1v) is 9.01. The number of anilines is 1. The van der Waals surface area contributed by atoms with Crippen LogP contribution in [-0.2, 0) is 4.79 Å². The number of benzene rings is 1. The predicted molar refractivity (Wildman–Crippen MR) is 99.5 cm³/mol. The first-order valence-electron chi connectivity index (χ1n) is 8.13. The van der Waals surface area contributed by atoms with Gasteiger partial charge in [-0.15, -0.1) is 11.3 Å². The highest BCUT2D eigenvalue weighted by molar-refractivity contribution is 7.14. The van der Waals surface area contributed by atoms with Crippen molar-refractivity contribution >= 4 is 34.2 Å². The van der Waals surface area contributed by atoms with Gasteiger partial charge in [0.15, 0.2) is 10.9 Å². The number of Topliss-reactive ketones (excluding diaryl/α,β-unsaturated/α-hetero) is 1. The maximum Gasteiger partial charge on any atom is 0.225 e. The quantitative estimate of drug-likeness (QED) is 0.785. The fraction of sp³-hybridized carbons (Fsp3) is 0.316. The molecule has 3 rings (SSSR count). The van der Waals surface area contributed by atoms with Gasteiger partial charge in [0.2, 0.25) is 5.91 Å². The Morgan fingerprint density at radius 3 is 2.84 bits per heavy atom. The molecule has 0 saturated heterocycles. The molecule has 6 heteroatoms. The van der Waals surface area contributed by atoms with Crippen LogP contribution in [0.15, 0.2) is 23.1 Å². The highest BCUT2D eigenvalue weighted by Gasteiger charge is 2.26. The molecule has 1 aliphatic rings. The molecule has 1 aliphatic heterocycles. The van der Waals surface area contributed by atoms with Crippen molar-refractivity contribution < 1.29 is 14.3 Å². The molecule has 0 bridgehead atoms. The van der Waals surface area contributed by atoms with E-state index in [-0.39, 0.29) is 18.3 Å². The summed E-state index contributed by atoms with van der Waals surface area (Å²) < 4.78 is 5.78. The van der Waals surface area contributed by atoms with Gasteiger partial charge in [-0.2, -0.15) is 0 Å². The van der Waals surface area contributed by atoms with Gasteiger partial charge in [-0.3, -0.25) is 14.5 Å². The van der Waals surface area contributed by atoms with Crippen molar-refractivity contribution in [1.29, 1.82) is 0 Å². The molecule has 0 N–H and O–H groups in total. The van der Waals surface area contributed by atoms with Crippen LogP contribution >= 0.6 is 11.3 Å². The molecule has 0 unspecified atom stereocenters. The molecule has 130 valence electrons. The van der Waals surface area contributed by atoms with Crippen LogP contribution in [0.2, 0.25) is 0 Å². The van der Waals surface area contributed by atoms with Crippen molar-refractivity contribution in [2.75, 3.05) is 18.1 Å². The Morgan fingerprint density at radius 1 is 1.40 bits per heavy atom. The summed E-state index contributed by atoms with van der Waals surface area (Å²) in [6, 6.07) is 3.87. The zero-order valence-electron chi connectivity index (χ0n) is 14.8. The molecule has 1 aromatic heterocycles. The van der Waals surface area contributed by atoms with Crippen molar-refractivity contribution in [2.24, 2.45) is 0 Å². The summed E-state index contributed by atoms with van der Waals surface area (Å²) in [5.41, 5.74) is 3.85. The Balaban J connectivity index is 1.92. The number of ketones is 1. The van der Waals surface area contributed by atoms with Crippen LogP contribution < -0.4 is 9.64 Å². The first kappa shape index (κ1) is 17.4. The number of hydrogen-bond acceptors (Lipinski definition) is 5.